The maximum Gasteiger partial charge on any atom is 0.258 e. The summed E-state index contributed by atoms with van der Waals surface area (Å²) >= 11 is 0. The summed E-state index contributed by atoms with van der Waals surface area (Å²) in [5, 5.41) is 0. The topological polar surface area (TPSA) is 54.5 Å². The van der Waals surface area contributed by atoms with E-state index in [1.807, 2.05) is 0 Å². The van der Waals surface area contributed by atoms with Crippen molar-refractivity contribution >= 4 is 21.4 Å². The number of rotatable bonds is 3. The van der Waals surface area contributed by atoms with Crippen molar-refractivity contribution in [1.82, 2.24) is 0 Å². The lowest BCUT2D eigenvalue weighted by Gasteiger charge is -2.30. The van der Waals surface area contributed by atoms with Crippen LogP contribution < -0.4 is 4.90 Å². The molecule has 3 rings (SSSR count). The maximum atomic E-state index is 13.9. The summed E-state index contributed by atoms with van der Waals surface area (Å²) in [5.41, 5.74) is 0.831. The number of carbonyl (C=O) groups is 1. The van der Waals surface area contributed by atoms with Crippen molar-refractivity contribution < 1.29 is 22.0 Å². The highest BCUT2D eigenvalue weighted by Gasteiger charge is 2.26. The van der Waals surface area contributed by atoms with Gasteiger partial charge in [-0.25, -0.2) is 17.2 Å². The Bertz CT molecular complexity index is 924. The highest BCUT2D eigenvalue weighted by molar-refractivity contribution is 7.91. The molecular formula is C18H17F2NO3S. The molecule has 25 heavy (non-hydrogen) atoms. The molecular weight excluding hydrogens is 348 g/mol. The first-order valence-electron chi connectivity index (χ1n) is 7.96. The van der Waals surface area contributed by atoms with Gasteiger partial charge in [0.05, 0.1) is 16.3 Å². The molecule has 0 aliphatic carbocycles. The first-order valence-corrected chi connectivity index (χ1v) is 9.61. The number of amides is 1. The Labute approximate surface area is 145 Å². The molecule has 132 valence electrons. The Hall–Kier alpha value is -2.28. The van der Waals surface area contributed by atoms with Gasteiger partial charge in [0.15, 0.2) is 9.84 Å². The van der Waals surface area contributed by atoms with E-state index in [1.54, 1.807) is 6.92 Å². The Kier molecular flexibility index (Phi) is 4.60. The number of hydrogen-bond acceptors (Lipinski definition) is 3. The summed E-state index contributed by atoms with van der Waals surface area (Å²) in [6.07, 6.45) is 1.02. The molecule has 0 saturated carbocycles. The summed E-state index contributed by atoms with van der Waals surface area (Å²) in [4.78, 5) is 14.2. The zero-order valence-electron chi connectivity index (χ0n) is 13.6. The van der Waals surface area contributed by atoms with Gasteiger partial charge >= 0.3 is 0 Å². The molecule has 0 atom stereocenters. The van der Waals surface area contributed by atoms with Crippen LogP contribution >= 0.6 is 0 Å². The average molecular weight is 365 g/mol. The number of anilines is 1. The lowest BCUT2D eigenvalue weighted by atomic mass is 10.00. The van der Waals surface area contributed by atoms with Gasteiger partial charge in [-0.05, 0) is 43.2 Å². The maximum absolute atomic E-state index is 13.9. The van der Waals surface area contributed by atoms with Crippen LogP contribution in [-0.4, -0.2) is 26.6 Å². The lowest BCUT2D eigenvalue weighted by Crippen LogP contribution is -2.36. The van der Waals surface area contributed by atoms with E-state index in [-0.39, 0.29) is 21.9 Å². The summed E-state index contributed by atoms with van der Waals surface area (Å²) in [5.74, 6) is -1.83. The summed E-state index contributed by atoms with van der Waals surface area (Å²) in [6, 6.07) is 7.58. The van der Waals surface area contributed by atoms with Crippen LogP contribution in [0.25, 0.3) is 0 Å². The molecule has 1 aliphatic heterocycles. The first kappa shape index (κ1) is 17.5. The number of halogens is 2. The van der Waals surface area contributed by atoms with E-state index in [0.717, 1.165) is 12.1 Å². The van der Waals surface area contributed by atoms with E-state index in [4.69, 9.17) is 0 Å². The van der Waals surface area contributed by atoms with Gasteiger partial charge in [0.1, 0.15) is 11.6 Å². The van der Waals surface area contributed by atoms with Crippen molar-refractivity contribution in [3.8, 4) is 0 Å². The number of benzene rings is 2. The van der Waals surface area contributed by atoms with Gasteiger partial charge < -0.3 is 4.90 Å². The molecule has 1 amide bonds. The van der Waals surface area contributed by atoms with Crippen LogP contribution in [0.5, 0.6) is 0 Å². The molecule has 0 unspecified atom stereocenters. The predicted octanol–water partition coefficient (Wildman–Crippen LogP) is 3.35. The minimum Gasteiger partial charge on any atom is -0.308 e. The second-order valence-electron chi connectivity index (χ2n) is 5.87. The Morgan fingerprint density at radius 2 is 1.84 bits per heavy atom. The lowest BCUT2D eigenvalue weighted by molar-refractivity contribution is 0.0985. The molecule has 1 heterocycles. The average Bonchev–Trinajstić information content (AvgIpc) is 2.60. The SMILES string of the molecule is CCS(=O)(=O)c1ccc(C(=O)N2CCCc3c(F)cc(F)cc32)cc1. The van der Waals surface area contributed by atoms with Gasteiger partial charge in [0, 0.05) is 23.7 Å². The second kappa shape index (κ2) is 6.55. The molecule has 0 saturated heterocycles. The zero-order valence-corrected chi connectivity index (χ0v) is 14.4. The molecule has 7 heteroatoms. The van der Waals surface area contributed by atoms with E-state index in [9.17, 15) is 22.0 Å². The molecule has 0 radical (unpaired) electrons. The van der Waals surface area contributed by atoms with E-state index < -0.39 is 27.4 Å². The van der Waals surface area contributed by atoms with Gasteiger partial charge in [-0.1, -0.05) is 6.92 Å². The van der Waals surface area contributed by atoms with Crippen LogP contribution in [0.3, 0.4) is 0 Å². The van der Waals surface area contributed by atoms with E-state index in [0.29, 0.717) is 24.9 Å². The number of carbonyl (C=O) groups excluding carboxylic acids is 1. The van der Waals surface area contributed by atoms with Gasteiger partial charge in [-0.15, -0.1) is 0 Å². The number of hydrogen-bond donors (Lipinski definition) is 0. The molecule has 0 fully saturated rings. The molecule has 2 aromatic carbocycles. The highest BCUT2D eigenvalue weighted by atomic mass is 32.2. The van der Waals surface area contributed by atoms with Crippen molar-refractivity contribution in [1.29, 1.82) is 0 Å². The summed E-state index contributed by atoms with van der Waals surface area (Å²) in [6.45, 7) is 1.89. The smallest absolute Gasteiger partial charge is 0.258 e. The van der Waals surface area contributed by atoms with Crippen molar-refractivity contribution in [3.63, 3.8) is 0 Å². The standard InChI is InChI=1S/C18H17F2NO3S/c1-2-25(23,24)14-7-5-12(6-8-14)18(22)21-9-3-4-15-16(20)10-13(19)11-17(15)21/h5-8,10-11H,2-4,9H2,1H3. The molecule has 0 aromatic heterocycles. The molecule has 0 N–H and O–H groups in total. The van der Waals surface area contributed by atoms with Crippen LogP contribution in [0.2, 0.25) is 0 Å². The zero-order chi connectivity index (χ0) is 18.2. The van der Waals surface area contributed by atoms with E-state index >= 15 is 0 Å². The van der Waals surface area contributed by atoms with Gasteiger partial charge in [0.2, 0.25) is 0 Å². The molecule has 4 nitrogen and oxygen atoms in total. The monoisotopic (exact) mass is 365 g/mol. The van der Waals surface area contributed by atoms with Crippen LogP contribution in [0.4, 0.5) is 14.5 Å². The van der Waals surface area contributed by atoms with E-state index in [1.165, 1.54) is 29.2 Å². The third-order valence-electron chi connectivity index (χ3n) is 4.32. The molecule has 1 aliphatic rings. The largest absolute Gasteiger partial charge is 0.308 e. The normalized spacial score (nSPS) is 14.3. The minimum absolute atomic E-state index is 0.0294. The summed E-state index contributed by atoms with van der Waals surface area (Å²) < 4.78 is 51.2. The third-order valence-corrected chi connectivity index (χ3v) is 6.07. The Morgan fingerprint density at radius 1 is 1.16 bits per heavy atom. The van der Waals surface area contributed by atoms with Crippen LogP contribution in [0, 0.1) is 11.6 Å². The molecule has 2 aromatic rings. The second-order valence-corrected chi connectivity index (χ2v) is 8.15. The summed E-state index contributed by atoms with van der Waals surface area (Å²) in [7, 11) is -3.35. The third kappa shape index (κ3) is 3.28. The first-order chi connectivity index (χ1) is 11.8. The van der Waals surface area contributed by atoms with Crippen molar-refractivity contribution in [2.75, 3.05) is 17.2 Å². The fraction of sp³-hybridized carbons (Fsp3) is 0.278. The van der Waals surface area contributed by atoms with Crippen LogP contribution in [0.1, 0.15) is 29.3 Å². The number of nitrogens with zero attached hydrogens (tertiary/aromatic N) is 1. The van der Waals surface area contributed by atoms with Crippen LogP contribution in [0.15, 0.2) is 41.3 Å². The fourth-order valence-electron chi connectivity index (χ4n) is 2.95. The minimum atomic E-state index is -3.35. The van der Waals surface area contributed by atoms with E-state index in [2.05, 4.69) is 0 Å². The van der Waals surface area contributed by atoms with Gasteiger partial charge in [-0.3, -0.25) is 4.79 Å². The molecule has 0 bridgehead atoms. The quantitative estimate of drug-likeness (QED) is 0.838. The fourth-order valence-corrected chi connectivity index (χ4v) is 3.84. The van der Waals surface area contributed by atoms with Gasteiger partial charge in [-0.2, -0.15) is 0 Å². The van der Waals surface area contributed by atoms with Crippen LogP contribution in [-0.2, 0) is 16.3 Å². The highest BCUT2D eigenvalue weighted by Crippen LogP contribution is 2.31. The number of sulfone groups is 1. The Morgan fingerprint density at radius 3 is 2.48 bits per heavy atom. The predicted molar refractivity (Wildman–Crippen MR) is 90.5 cm³/mol. The van der Waals surface area contributed by atoms with Gasteiger partial charge in [0.25, 0.3) is 5.91 Å². The van der Waals surface area contributed by atoms with Crippen molar-refractivity contribution in [3.05, 3.63) is 59.2 Å². The number of fused-ring (bicyclic) bond motifs is 1. The van der Waals surface area contributed by atoms with Crippen molar-refractivity contribution in [2.24, 2.45) is 0 Å². The van der Waals surface area contributed by atoms with Crippen molar-refractivity contribution in [2.45, 2.75) is 24.7 Å². The molecule has 0 spiro atoms. The Balaban J connectivity index is 1.96.